The van der Waals surface area contributed by atoms with Crippen LogP contribution in [0.1, 0.15) is 51.2 Å². The molecule has 4 heteroatoms. The zero-order valence-electron chi connectivity index (χ0n) is 13.2. The minimum Gasteiger partial charge on any atom is -0.381 e. The summed E-state index contributed by atoms with van der Waals surface area (Å²) in [5.41, 5.74) is 1.37. The van der Waals surface area contributed by atoms with Gasteiger partial charge in [-0.15, -0.1) is 11.3 Å². The average Bonchev–Trinajstić information content (AvgIpc) is 2.86. The fraction of sp³-hybridized carbons (Fsp3) is 0.812. The quantitative estimate of drug-likeness (QED) is 0.904. The van der Waals surface area contributed by atoms with E-state index in [1.807, 2.05) is 0 Å². The van der Waals surface area contributed by atoms with Crippen molar-refractivity contribution in [3.05, 3.63) is 16.1 Å². The Morgan fingerprint density at radius 1 is 1.45 bits per heavy atom. The molecule has 1 aromatic rings. The Morgan fingerprint density at radius 2 is 2.25 bits per heavy atom. The van der Waals surface area contributed by atoms with E-state index in [0.717, 1.165) is 32.6 Å². The lowest BCUT2D eigenvalue weighted by Gasteiger charge is -2.32. The molecule has 1 aromatic heterocycles. The van der Waals surface area contributed by atoms with Crippen LogP contribution in [0.4, 0.5) is 0 Å². The predicted molar refractivity (Wildman–Crippen MR) is 85.5 cm³/mol. The Morgan fingerprint density at radius 3 is 2.90 bits per heavy atom. The number of thiazole rings is 1. The highest BCUT2D eigenvalue weighted by molar-refractivity contribution is 7.09. The smallest absolute Gasteiger partial charge is 0.0932 e. The lowest BCUT2D eigenvalue weighted by Crippen LogP contribution is -2.44. The van der Waals surface area contributed by atoms with Crippen LogP contribution in [0.5, 0.6) is 0 Å². The van der Waals surface area contributed by atoms with Gasteiger partial charge in [0, 0.05) is 35.8 Å². The maximum absolute atomic E-state index is 5.68. The van der Waals surface area contributed by atoms with Crippen LogP contribution in [-0.4, -0.2) is 30.8 Å². The lowest BCUT2D eigenvalue weighted by molar-refractivity contribution is 0.0322. The molecule has 1 fully saturated rings. The van der Waals surface area contributed by atoms with Crippen LogP contribution in [0.3, 0.4) is 0 Å². The van der Waals surface area contributed by atoms with Gasteiger partial charge in [-0.3, -0.25) is 0 Å². The Balaban J connectivity index is 1.97. The van der Waals surface area contributed by atoms with E-state index in [9.17, 15) is 0 Å². The summed E-state index contributed by atoms with van der Waals surface area (Å²) in [5.74, 6) is 0.564. The summed E-state index contributed by atoms with van der Waals surface area (Å²) in [7, 11) is 0. The highest BCUT2D eigenvalue weighted by Gasteiger charge is 2.27. The van der Waals surface area contributed by atoms with Gasteiger partial charge in [-0.1, -0.05) is 27.7 Å². The summed E-state index contributed by atoms with van der Waals surface area (Å²) in [5, 5.41) is 7.15. The molecular weight excluding hydrogens is 268 g/mol. The second kappa shape index (κ2) is 7.01. The van der Waals surface area contributed by atoms with Gasteiger partial charge < -0.3 is 10.1 Å². The first-order valence-corrected chi connectivity index (χ1v) is 8.64. The maximum Gasteiger partial charge on any atom is 0.0932 e. The van der Waals surface area contributed by atoms with Gasteiger partial charge in [0.2, 0.25) is 0 Å². The van der Waals surface area contributed by atoms with Crippen molar-refractivity contribution in [3.63, 3.8) is 0 Å². The fourth-order valence-electron chi connectivity index (χ4n) is 2.57. The molecule has 20 heavy (non-hydrogen) atoms. The van der Waals surface area contributed by atoms with Crippen molar-refractivity contribution >= 4 is 11.3 Å². The lowest BCUT2D eigenvalue weighted by atomic mass is 9.92. The standard InChI is InChI=1S/C16H28N2OS/c1-5-7-17-13-6-8-19-10-12(13)9-15-18-14(11-20-15)16(2,3)4/h11-13,17H,5-10H2,1-4H3. The third-order valence-corrected chi connectivity index (χ3v) is 4.76. The molecule has 1 saturated heterocycles. The Labute approximate surface area is 127 Å². The molecule has 1 N–H and O–H groups in total. The topological polar surface area (TPSA) is 34.1 Å². The van der Waals surface area contributed by atoms with Gasteiger partial charge in [0.05, 0.1) is 17.3 Å². The fourth-order valence-corrected chi connectivity index (χ4v) is 3.69. The summed E-state index contributed by atoms with van der Waals surface area (Å²) in [6.45, 7) is 11.8. The molecule has 0 radical (unpaired) electrons. The van der Waals surface area contributed by atoms with E-state index < -0.39 is 0 Å². The number of nitrogens with zero attached hydrogens (tertiary/aromatic N) is 1. The minimum absolute atomic E-state index is 0.150. The SMILES string of the molecule is CCCNC1CCOCC1Cc1nc(C(C)(C)C)cs1. The Hall–Kier alpha value is -0.450. The molecule has 3 nitrogen and oxygen atoms in total. The summed E-state index contributed by atoms with van der Waals surface area (Å²) >= 11 is 1.80. The number of nitrogens with one attached hydrogen (secondary N) is 1. The van der Waals surface area contributed by atoms with E-state index in [4.69, 9.17) is 9.72 Å². The molecule has 2 heterocycles. The monoisotopic (exact) mass is 296 g/mol. The van der Waals surface area contributed by atoms with Crippen molar-refractivity contribution in [3.8, 4) is 0 Å². The van der Waals surface area contributed by atoms with Crippen molar-refractivity contribution in [1.82, 2.24) is 10.3 Å². The number of hydrogen-bond donors (Lipinski definition) is 1. The second-order valence-electron chi connectivity index (χ2n) is 6.76. The number of aromatic nitrogens is 1. The number of ether oxygens (including phenoxy) is 1. The predicted octanol–water partition coefficient (Wildman–Crippen LogP) is 3.39. The summed E-state index contributed by atoms with van der Waals surface area (Å²) in [6, 6.07) is 0.589. The largest absolute Gasteiger partial charge is 0.381 e. The molecule has 1 aliphatic heterocycles. The van der Waals surface area contributed by atoms with Crippen LogP contribution in [0.15, 0.2) is 5.38 Å². The van der Waals surface area contributed by atoms with Crippen LogP contribution >= 0.6 is 11.3 Å². The molecule has 0 bridgehead atoms. The summed E-state index contributed by atoms with van der Waals surface area (Å²) in [6.07, 6.45) is 3.36. The minimum atomic E-state index is 0.150. The number of rotatable bonds is 5. The molecule has 0 amide bonds. The highest BCUT2D eigenvalue weighted by Crippen LogP contribution is 2.27. The highest BCUT2D eigenvalue weighted by atomic mass is 32.1. The molecule has 0 saturated carbocycles. The first-order valence-electron chi connectivity index (χ1n) is 7.76. The van der Waals surface area contributed by atoms with Crippen molar-refractivity contribution in [2.75, 3.05) is 19.8 Å². The van der Waals surface area contributed by atoms with Crippen molar-refractivity contribution in [1.29, 1.82) is 0 Å². The van der Waals surface area contributed by atoms with Gasteiger partial charge in [-0.25, -0.2) is 4.98 Å². The first-order chi connectivity index (χ1) is 9.50. The van der Waals surface area contributed by atoms with Gasteiger partial charge in [0.15, 0.2) is 0 Å². The second-order valence-corrected chi connectivity index (χ2v) is 7.71. The third-order valence-electron chi connectivity index (χ3n) is 3.89. The first kappa shape index (κ1) is 15.9. The summed E-state index contributed by atoms with van der Waals surface area (Å²) < 4.78 is 5.68. The van der Waals surface area contributed by atoms with E-state index in [1.54, 1.807) is 11.3 Å². The zero-order valence-corrected chi connectivity index (χ0v) is 14.1. The molecule has 2 atom stereocenters. The van der Waals surface area contributed by atoms with Crippen LogP contribution in [-0.2, 0) is 16.6 Å². The van der Waals surface area contributed by atoms with E-state index >= 15 is 0 Å². The molecule has 1 aliphatic rings. The van der Waals surface area contributed by atoms with Crippen LogP contribution in [0, 0.1) is 5.92 Å². The molecule has 0 aromatic carbocycles. The van der Waals surface area contributed by atoms with Gasteiger partial charge in [0.25, 0.3) is 0 Å². The normalized spacial score (nSPS) is 24.0. The van der Waals surface area contributed by atoms with Crippen molar-refractivity contribution in [2.45, 2.75) is 58.4 Å². The molecule has 114 valence electrons. The molecular formula is C16H28N2OS. The summed E-state index contributed by atoms with van der Waals surface area (Å²) in [4.78, 5) is 4.83. The van der Waals surface area contributed by atoms with Gasteiger partial charge in [-0.2, -0.15) is 0 Å². The Bertz CT molecular complexity index is 411. The Kier molecular flexibility index (Phi) is 5.58. The van der Waals surface area contributed by atoms with Gasteiger partial charge in [0.1, 0.15) is 0 Å². The van der Waals surface area contributed by atoms with Gasteiger partial charge >= 0.3 is 0 Å². The van der Waals surface area contributed by atoms with Crippen LogP contribution in [0.2, 0.25) is 0 Å². The van der Waals surface area contributed by atoms with E-state index in [0.29, 0.717) is 12.0 Å². The molecule has 0 aliphatic carbocycles. The molecule has 2 unspecified atom stereocenters. The van der Waals surface area contributed by atoms with Crippen molar-refractivity contribution in [2.24, 2.45) is 5.92 Å². The third kappa shape index (κ3) is 4.27. The zero-order chi connectivity index (χ0) is 14.6. The maximum atomic E-state index is 5.68. The van der Waals surface area contributed by atoms with Gasteiger partial charge in [-0.05, 0) is 19.4 Å². The van der Waals surface area contributed by atoms with E-state index in [-0.39, 0.29) is 5.41 Å². The molecule has 0 spiro atoms. The van der Waals surface area contributed by atoms with Crippen LogP contribution in [0.25, 0.3) is 0 Å². The number of hydrogen-bond acceptors (Lipinski definition) is 4. The van der Waals surface area contributed by atoms with Crippen LogP contribution < -0.4 is 5.32 Å². The van der Waals surface area contributed by atoms with Crippen molar-refractivity contribution < 1.29 is 4.74 Å². The van der Waals surface area contributed by atoms with E-state index in [2.05, 4.69) is 38.4 Å². The molecule has 2 rings (SSSR count). The average molecular weight is 296 g/mol. The van der Waals surface area contributed by atoms with E-state index in [1.165, 1.54) is 17.1 Å².